The van der Waals surface area contributed by atoms with Crippen LogP contribution in [-0.4, -0.2) is 4.98 Å². The lowest BCUT2D eigenvalue weighted by molar-refractivity contribution is 1.10. The van der Waals surface area contributed by atoms with E-state index in [9.17, 15) is 0 Å². The van der Waals surface area contributed by atoms with E-state index in [4.69, 9.17) is 0 Å². The molecule has 1 N–H and O–H groups in total. The molecule has 0 atom stereocenters. The van der Waals surface area contributed by atoms with E-state index < -0.39 is 0 Å². The number of pyridine rings is 1. The minimum Gasteiger partial charge on any atom is -0.381 e. The number of aryl methyl sites for hydroxylation is 1. The van der Waals surface area contributed by atoms with Gasteiger partial charge < -0.3 is 5.32 Å². The molecule has 0 saturated carbocycles. The Hall–Kier alpha value is -1.83. The number of aromatic nitrogens is 1. The number of anilines is 1. The normalized spacial score (nSPS) is 10.1. The maximum Gasteiger partial charge on any atom is 0.0422 e. The van der Waals surface area contributed by atoms with Crippen molar-refractivity contribution in [1.29, 1.82) is 0 Å². The van der Waals surface area contributed by atoms with Gasteiger partial charge in [0.25, 0.3) is 0 Å². The summed E-state index contributed by atoms with van der Waals surface area (Å²) < 4.78 is 0. The van der Waals surface area contributed by atoms with Crippen LogP contribution in [-0.2, 0) is 6.54 Å². The largest absolute Gasteiger partial charge is 0.381 e. The summed E-state index contributed by atoms with van der Waals surface area (Å²) in [5.41, 5.74) is 4.75. The molecule has 0 aliphatic rings. The summed E-state index contributed by atoms with van der Waals surface area (Å²) in [5, 5.41) is 3.43. The molecular formula is C14H16N2. The van der Waals surface area contributed by atoms with Crippen molar-refractivity contribution in [3.63, 3.8) is 0 Å². The van der Waals surface area contributed by atoms with Gasteiger partial charge in [0, 0.05) is 24.1 Å². The molecule has 2 rings (SSSR count). The molecule has 0 unspecified atom stereocenters. The molecule has 0 bridgehead atoms. The Morgan fingerprint density at radius 2 is 1.81 bits per heavy atom. The fourth-order valence-corrected chi connectivity index (χ4v) is 1.62. The third-order valence-electron chi connectivity index (χ3n) is 2.78. The molecule has 2 nitrogen and oxygen atoms in total. The highest BCUT2D eigenvalue weighted by atomic mass is 14.9. The molecule has 0 saturated heterocycles. The third kappa shape index (κ3) is 2.40. The fraction of sp³-hybridized carbons (Fsp3) is 0.214. The van der Waals surface area contributed by atoms with Crippen molar-refractivity contribution in [3.05, 3.63) is 59.4 Å². The van der Waals surface area contributed by atoms with Crippen molar-refractivity contribution < 1.29 is 0 Å². The first kappa shape index (κ1) is 10.7. The van der Waals surface area contributed by atoms with E-state index in [0.29, 0.717) is 0 Å². The van der Waals surface area contributed by atoms with E-state index in [0.717, 1.165) is 17.9 Å². The van der Waals surface area contributed by atoms with Gasteiger partial charge in [-0.1, -0.05) is 30.3 Å². The minimum atomic E-state index is 0.852. The lowest BCUT2D eigenvalue weighted by atomic mass is 10.1. The molecule has 0 aliphatic carbocycles. The van der Waals surface area contributed by atoms with Crippen LogP contribution in [0.2, 0.25) is 0 Å². The minimum absolute atomic E-state index is 0.852. The Kier molecular flexibility index (Phi) is 3.20. The van der Waals surface area contributed by atoms with Gasteiger partial charge in [0.2, 0.25) is 0 Å². The Labute approximate surface area is 96.4 Å². The van der Waals surface area contributed by atoms with E-state index in [2.05, 4.69) is 41.5 Å². The number of hydrogen-bond donors (Lipinski definition) is 1. The Morgan fingerprint density at radius 3 is 2.56 bits per heavy atom. The van der Waals surface area contributed by atoms with E-state index in [-0.39, 0.29) is 0 Å². The molecule has 0 spiro atoms. The summed E-state index contributed by atoms with van der Waals surface area (Å²) in [6.45, 7) is 4.98. The number of hydrogen-bond acceptors (Lipinski definition) is 2. The van der Waals surface area contributed by atoms with Gasteiger partial charge in [-0.2, -0.15) is 0 Å². The Balaban J connectivity index is 2.08. The predicted octanol–water partition coefficient (Wildman–Crippen LogP) is 3.31. The van der Waals surface area contributed by atoms with Crippen molar-refractivity contribution >= 4 is 5.69 Å². The monoisotopic (exact) mass is 212 g/mol. The summed E-state index contributed by atoms with van der Waals surface area (Å²) in [4.78, 5) is 4.25. The molecule has 0 fully saturated rings. The first-order valence-corrected chi connectivity index (χ1v) is 5.47. The van der Waals surface area contributed by atoms with E-state index in [1.807, 2.05) is 25.3 Å². The molecular weight excluding hydrogens is 196 g/mol. The zero-order chi connectivity index (χ0) is 11.4. The summed E-state index contributed by atoms with van der Waals surface area (Å²) in [6, 6.07) is 12.4. The van der Waals surface area contributed by atoms with Crippen molar-refractivity contribution in [2.45, 2.75) is 20.4 Å². The molecule has 0 aliphatic heterocycles. The third-order valence-corrected chi connectivity index (χ3v) is 2.78. The smallest absolute Gasteiger partial charge is 0.0422 e. The van der Waals surface area contributed by atoms with E-state index in [1.165, 1.54) is 11.1 Å². The topological polar surface area (TPSA) is 24.9 Å². The van der Waals surface area contributed by atoms with Crippen LogP contribution in [0.4, 0.5) is 5.69 Å². The summed E-state index contributed by atoms with van der Waals surface area (Å²) in [5.74, 6) is 0. The molecule has 1 aromatic carbocycles. The Bertz CT molecular complexity index is 463. The van der Waals surface area contributed by atoms with E-state index in [1.54, 1.807) is 0 Å². The van der Waals surface area contributed by atoms with Crippen LogP contribution in [0.3, 0.4) is 0 Å². The van der Waals surface area contributed by atoms with Crippen molar-refractivity contribution in [2.75, 3.05) is 5.32 Å². The van der Waals surface area contributed by atoms with Crippen LogP contribution >= 0.6 is 0 Å². The van der Waals surface area contributed by atoms with Gasteiger partial charge in [-0.05, 0) is 31.0 Å². The van der Waals surface area contributed by atoms with E-state index >= 15 is 0 Å². The van der Waals surface area contributed by atoms with Gasteiger partial charge in [0.05, 0.1) is 0 Å². The maximum atomic E-state index is 4.25. The number of nitrogens with zero attached hydrogens (tertiary/aromatic N) is 1. The molecule has 1 heterocycles. The molecule has 16 heavy (non-hydrogen) atoms. The van der Waals surface area contributed by atoms with Gasteiger partial charge in [-0.15, -0.1) is 0 Å². The predicted molar refractivity (Wildman–Crippen MR) is 67.5 cm³/mol. The molecule has 2 heteroatoms. The first-order chi connectivity index (χ1) is 7.77. The molecule has 0 radical (unpaired) electrons. The van der Waals surface area contributed by atoms with Crippen LogP contribution in [0.5, 0.6) is 0 Å². The van der Waals surface area contributed by atoms with Crippen molar-refractivity contribution in [2.24, 2.45) is 0 Å². The standard InChI is InChI=1S/C14H16N2/c1-11-12(2)15-9-8-14(11)16-10-13-6-4-3-5-7-13/h3-9H,10H2,1-2H3,(H,15,16). The van der Waals surface area contributed by atoms with Gasteiger partial charge in [-0.25, -0.2) is 0 Å². The van der Waals surface area contributed by atoms with Crippen LogP contribution < -0.4 is 5.32 Å². The number of rotatable bonds is 3. The van der Waals surface area contributed by atoms with Crippen LogP contribution in [0.1, 0.15) is 16.8 Å². The van der Waals surface area contributed by atoms with Gasteiger partial charge >= 0.3 is 0 Å². The molecule has 82 valence electrons. The summed E-state index contributed by atoms with van der Waals surface area (Å²) in [6.07, 6.45) is 1.84. The Morgan fingerprint density at radius 1 is 1.06 bits per heavy atom. The highest BCUT2D eigenvalue weighted by Crippen LogP contribution is 2.16. The number of benzene rings is 1. The van der Waals surface area contributed by atoms with Crippen molar-refractivity contribution in [1.82, 2.24) is 4.98 Å². The molecule has 1 aromatic heterocycles. The lowest BCUT2D eigenvalue weighted by Crippen LogP contribution is -2.02. The van der Waals surface area contributed by atoms with Crippen LogP contribution in [0.25, 0.3) is 0 Å². The maximum absolute atomic E-state index is 4.25. The van der Waals surface area contributed by atoms with Gasteiger partial charge in [0.15, 0.2) is 0 Å². The number of nitrogens with one attached hydrogen (secondary N) is 1. The van der Waals surface area contributed by atoms with Gasteiger partial charge in [0.1, 0.15) is 0 Å². The SMILES string of the molecule is Cc1nccc(NCc2ccccc2)c1C. The lowest BCUT2D eigenvalue weighted by Gasteiger charge is -2.10. The average Bonchev–Trinajstić information content (AvgIpc) is 2.32. The van der Waals surface area contributed by atoms with Gasteiger partial charge in [-0.3, -0.25) is 4.98 Å². The quantitative estimate of drug-likeness (QED) is 0.844. The molecule has 2 aromatic rings. The zero-order valence-electron chi connectivity index (χ0n) is 9.70. The second-order valence-corrected chi connectivity index (χ2v) is 3.91. The highest BCUT2D eigenvalue weighted by Gasteiger charge is 2.00. The molecule has 0 amide bonds. The average molecular weight is 212 g/mol. The zero-order valence-corrected chi connectivity index (χ0v) is 9.70. The second kappa shape index (κ2) is 4.79. The summed E-state index contributed by atoms with van der Waals surface area (Å²) >= 11 is 0. The van der Waals surface area contributed by atoms with Crippen molar-refractivity contribution in [3.8, 4) is 0 Å². The second-order valence-electron chi connectivity index (χ2n) is 3.91. The summed E-state index contributed by atoms with van der Waals surface area (Å²) in [7, 11) is 0. The fourth-order valence-electron chi connectivity index (χ4n) is 1.62. The van der Waals surface area contributed by atoms with Crippen LogP contribution in [0.15, 0.2) is 42.6 Å². The highest BCUT2D eigenvalue weighted by molar-refractivity contribution is 5.51. The van der Waals surface area contributed by atoms with Crippen LogP contribution in [0, 0.1) is 13.8 Å². The first-order valence-electron chi connectivity index (χ1n) is 5.47.